The van der Waals surface area contributed by atoms with Crippen molar-refractivity contribution in [3.8, 4) is 0 Å². The van der Waals surface area contributed by atoms with E-state index in [0.29, 0.717) is 26.1 Å². The number of likely N-dealkylation sites (tertiary alicyclic amines) is 1. The van der Waals surface area contributed by atoms with Crippen LogP contribution in [0, 0.1) is 5.92 Å². The highest BCUT2D eigenvalue weighted by Crippen LogP contribution is 2.39. The van der Waals surface area contributed by atoms with Crippen molar-refractivity contribution in [3.05, 3.63) is 0 Å². The van der Waals surface area contributed by atoms with Crippen LogP contribution in [0.4, 0.5) is 4.79 Å². The number of carbonyl (C=O) groups is 3. The summed E-state index contributed by atoms with van der Waals surface area (Å²) in [5.74, 6) is 1.21. The van der Waals surface area contributed by atoms with Gasteiger partial charge >= 0.3 is 6.09 Å². The lowest BCUT2D eigenvalue weighted by atomic mass is 9.96. The SMILES string of the molecule is CC(C)(C)OC(=O)NCCNC(=O)C1CCCN(C(=O)CCCCC2CCSS2)C1. The van der Waals surface area contributed by atoms with Gasteiger partial charge in [0.1, 0.15) is 5.60 Å². The van der Waals surface area contributed by atoms with Crippen LogP contribution in [0.2, 0.25) is 0 Å². The van der Waals surface area contributed by atoms with Crippen molar-refractivity contribution >= 4 is 39.5 Å². The van der Waals surface area contributed by atoms with Crippen LogP contribution in [0.15, 0.2) is 0 Å². The van der Waals surface area contributed by atoms with E-state index in [-0.39, 0.29) is 17.7 Å². The minimum Gasteiger partial charge on any atom is -0.444 e. The van der Waals surface area contributed by atoms with E-state index < -0.39 is 11.7 Å². The van der Waals surface area contributed by atoms with Crippen LogP contribution >= 0.6 is 21.6 Å². The van der Waals surface area contributed by atoms with Crippen LogP contribution in [0.3, 0.4) is 0 Å². The molecule has 2 unspecified atom stereocenters. The number of alkyl carbamates (subject to hydrolysis) is 1. The van der Waals surface area contributed by atoms with Crippen LogP contribution in [0.5, 0.6) is 0 Å². The highest BCUT2D eigenvalue weighted by Gasteiger charge is 2.28. The van der Waals surface area contributed by atoms with Crippen LogP contribution in [0.1, 0.15) is 65.7 Å². The van der Waals surface area contributed by atoms with E-state index in [1.165, 1.54) is 18.6 Å². The maximum atomic E-state index is 12.5. The summed E-state index contributed by atoms with van der Waals surface area (Å²) in [6.07, 6.45) is 6.28. The second-order valence-corrected chi connectivity index (χ2v) is 11.8. The van der Waals surface area contributed by atoms with Gasteiger partial charge in [0, 0.05) is 43.6 Å². The Morgan fingerprint density at radius 3 is 2.57 bits per heavy atom. The summed E-state index contributed by atoms with van der Waals surface area (Å²) in [4.78, 5) is 38.5. The predicted molar refractivity (Wildman–Crippen MR) is 123 cm³/mol. The van der Waals surface area contributed by atoms with Gasteiger partial charge in [0.05, 0.1) is 5.92 Å². The largest absolute Gasteiger partial charge is 0.444 e. The maximum Gasteiger partial charge on any atom is 0.407 e. The first-order valence-corrected chi connectivity index (χ1v) is 13.4. The van der Waals surface area contributed by atoms with Gasteiger partial charge in [-0.2, -0.15) is 0 Å². The molecule has 2 heterocycles. The third-order valence-electron chi connectivity index (χ3n) is 5.13. The van der Waals surface area contributed by atoms with Crippen molar-refractivity contribution in [2.24, 2.45) is 5.92 Å². The Balaban J connectivity index is 1.60. The Hall–Kier alpha value is -1.09. The number of rotatable bonds is 9. The van der Waals surface area contributed by atoms with Crippen molar-refractivity contribution in [3.63, 3.8) is 0 Å². The average molecular weight is 460 g/mol. The number of unbranched alkanes of at least 4 members (excludes halogenated alkanes) is 1. The summed E-state index contributed by atoms with van der Waals surface area (Å²) >= 11 is 0. The Labute approximate surface area is 188 Å². The molecule has 0 bridgehead atoms. The standard InChI is InChI=1S/C21H37N3O4S2/c1-21(2,3)28-20(27)23-12-11-22-19(26)16-7-6-13-24(15-16)18(25)9-5-4-8-17-10-14-29-30-17/h16-17H,4-15H2,1-3H3,(H,22,26)(H,23,27). The molecule has 0 radical (unpaired) electrons. The third kappa shape index (κ3) is 9.81. The summed E-state index contributed by atoms with van der Waals surface area (Å²) in [7, 11) is 3.95. The fraction of sp³-hybridized carbons (Fsp3) is 0.857. The van der Waals surface area contributed by atoms with Gasteiger partial charge in [-0.1, -0.05) is 28.0 Å². The molecule has 2 fully saturated rings. The van der Waals surface area contributed by atoms with Gasteiger partial charge in [0.25, 0.3) is 0 Å². The van der Waals surface area contributed by atoms with Gasteiger partial charge in [0.15, 0.2) is 0 Å². The molecular formula is C21H37N3O4S2. The molecule has 0 aromatic heterocycles. The zero-order valence-corrected chi connectivity index (χ0v) is 20.2. The summed E-state index contributed by atoms with van der Waals surface area (Å²) in [6.45, 7) is 7.32. The van der Waals surface area contributed by atoms with Crippen molar-refractivity contribution in [2.75, 3.05) is 31.9 Å². The van der Waals surface area contributed by atoms with Crippen molar-refractivity contribution in [1.29, 1.82) is 0 Å². The van der Waals surface area contributed by atoms with E-state index in [1.54, 1.807) is 20.8 Å². The lowest BCUT2D eigenvalue weighted by molar-refractivity contribution is -0.135. The van der Waals surface area contributed by atoms with Crippen molar-refractivity contribution in [1.82, 2.24) is 15.5 Å². The normalized spacial score (nSPS) is 21.9. The topological polar surface area (TPSA) is 87.7 Å². The number of piperidine rings is 1. The molecule has 3 amide bonds. The van der Waals surface area contributed by atoms with E-state index in [1.807, 2.05) is 26.5 Å². The molecule has 0 spiro atoms. The number of hydrogen-bond acceptors (Lipinski definition) is 6. The lowest BCUT2D eigenvalue weighted by Crippen LogP contribution is -2.46. The molecule has 172 valence electrons. The summed E-state index contributed by atoms with van der Waals surface area (Å²) in [6, 6.07) is 0. The molecule has 2 N–H and O–H groups in total. The fourth-order valence-corrected chi connectivity index (χ4v) is 6.62. The molecule has 0 aromatic carbocycles. The average Bonchev–Trinajstić information content (AvgIpc) is 3.20. The Morgan fingerprint density at radius 2 is 1.87 bits per heavy atom. The summed E-state index contributed by atoms with van der Waals surface area (Å²) < 4.78 is 5.16. The van der Waals surface area contributed by atoms with Gasteiger partial charge in [-0.25, -0.2) is 4.79 Å². The highest BCUT2D eigenvalue weighted by atomic mass is 33.1. The molecule has 2 atom stereocenters. The molecule has 7 nitrogen and oxygen atoms in total. The van der Waals surface area contributed by atoms with E-state index in [2.05, 4.69) is 10.6 Å². The number of nitrogens with one attached hydrogen (secondary N) is 2. The van der Waals surface area contributed by atoms with Gasteiger partial charge in [-0.3, -0.25) is 9.59 Å². The van der Waals surface area contributed by atoms with E-state index in [0.717, 1.165) is 37.5 Å². The van der Waals surface area contributed by atoms with Crippen LogP contribution < -0.4 is 10.6 Å². The molecule has 2 aliphatic heterocycles. The number of nitrogens with zero attached hydrogens (tertiary/aromatic N) is 1. The smallest absolute Gasteiger partial charge is 0.407 e. The predicted octanol–water partition coefficient (Wildman–Crippen LogP) is 3.58. The van der Waals surface area contributed by atoms with E-state index >= 15 is 0 Å². The monoisotopic (exact) mass is 459 g/mol. The second-order valence-electron chi connectivity index (χ2n) is 8.97. The molecule has 2 saturated heterocycles. The summed E-state index contributed by atoms with van der Waals surface area (Å²) in [5, 5.41) is 6.25. The van der Waals surface area contributed by atoms with Crippen LogP contribution in [-0.4, -0.2) is 65.6 Å². The highest BCUT2D eigenvalue weighted by molar-refractivity contribution is 8.77. The first-order chi connectivity index (χ1) is 14.2. The van der Waals surface area contributed by atoms with Crippen molar-refractivity contribution < 1.29 is 19.1 Å². The first kappa shape index (κ1) is 25.2. The fourth-order valence-electron chi connectivity index (χ4n) is 3.60. The van der Waals surface area contributed by atoms with E-state index in [4.69, 9.17) is 4.74 Å². The van der Waals surface area contributed by atoms with Crippen molar-refractivity contribution in [2.45, 2.75) is 76.6 Å². The van der Waals surface area contributed by atoms with Gasteiger partial charge in [-0.05, 0) is 52.9 Å². The third-order valence-corrected chi connectivity index (χ3v) is 8.14. The Morgan fingerprint density at radius 1 is 1.10 bits per heavy atom. The molecule has 0 aromatic rings. The van der Waals surface area contributed by atoms with Crippen LogP contribution in [0.25, 0.3) is 0 Å². The lowest BCUT2D eigenvalue weighted by Gasteiger charge is -2.32. The first-order valence-electron chi connectivity index (χ1n) is 11.1. The number of carbonyl (C=O) groups excluding carboxylic acids is 3. The molecule has 2 rings (SSSR count). The van der Waals surface area contributed by atoms with Crippen LogP contribution in [-0.2, 0) is 14.3 Å². The minimum atomic E-state index is -0.542. The second kappa shape index (κ2) is 12.7. The zero-order valence-electron chi connectivity index (χ0n) is 18.5. The molecule has 2 aliphatic rings. The quantitative estimate of drug-likeness (QED) is 0.405. The van der Waals surface area contributed by atoms with Gasteiger partial charge < -0.3 is 20.3 Å². The Bertz CT molecular complexity index is 577. The molecular weight excluding hydrogens is 422 g/mol. The zero-order chi connectivity index (χ0) is 22.0. The molecule has 9 heteroatoms. The molecule has 0 saturated carbocycles. The maximum absolute atomic E-state index is 12.5. The van der Waals surface area contributed by atoms with Gasteiger partial charge in [-0.15, -0.1) is 0 Å². The molecule has 0 aliphatic carbocycles. The minimum absolute atomic E-state index is 0.0470. The molecule has 30 heavy (non-hydrogen) atoms. The van der Waals surface area contributed by atoms with Gasteiger partial charge in [0.2, 0.25) is 11.8 Å². The van der Waals surface area contributed by atoms with E-state index in [9.17, 15) is 14.4 Å². The Kier molecular flexibility index (Phi) is 10.6. The number of hydrogen-bond donors (Lipinski definition) is 2. The number of amides is 3. The number of ether oxygens (including phenoxy) is 1. The summed E-state index contributed by atoms with van der Waals surface area (Å²) in [5.41, 5.74) is -0.542.